The second kappa shape index (κ2) is 5.97. The molecule has 0 aromatic heterocycles. The van der Waals surface area contributed by atoms with E-state index in [0.29, 0.717) is 32.2 Å². The average Bonchev–Trinajstić information content (AvgIpc) is 3.10. The van der Waals surface area contributed by atoms with Crippen LogP contribution in [0.4, 0.5) is 0 Å². The van der Waals surface area contributed by atoms with Crippen molar-refractivity contribution in [2.75, 3.05) is 59.2 Å². The summed E-state index contributed by atoms with van der Waals surface area (Å²) in [5.74, 6) is -0.704. The Bertz CT molecular complexity index is 351. The summed E-state index contributed by atoms with van der Waals surface area (Å²) in [6.07, 6.45) is 1.78. The molecule has 3 rings (SSSR count). The summed E-state index contributed by atoms with van der Waals surface area (Å²) in [5, 5.41) is 9.51. The third kappa shape index (κ3) is 2.83. The van der Waals surface area contributed by atoms with E-state index in [0.717, 1.165) is 45.8 Å². The van der Waals surface area contributed by atoms with Crippen LogP contribution in [0, 0.1) is 5.41 Å². The van der Waals surface area contributed by atoms with Gasteiger partial charge in [-0.2, -0.15) is 0 Å². The van der Waals surface area contributed by atoms with E-state index in [1.54, 1.807) is 0 Å². The van der Waals surface area contributed by atoms with Crippen LogP contribution in [0.1, 0.15) is 12.8 Å². The fourth-order valence-corrected chi connectivity index (χ4v) is 3.59. The molecule has 6 nitrogen and oxygen atoms in total. The minimum Gasteiger partial charge on any atom is -0.481 e. The molecule has 3 fully saturated rings. The molecule has 0 aliphatic carbocycles. The Hall–Kier alpha value is -0.690. The predicted octanol–water partition coefficient (Wildman–Crippen LogP) is -0.116. The molecule has 0 aromatic rings. The Kier molecular flexibility index (Phi) is 4.26. The van der Waals surface area contributed by atoms with Gasteiger partial charge in [0, 0.05) is 38.8 Å². The summed E-state index contributed by atoms with van der Waals surface area (Å²) in [6, 6.07) is 0.562. The van der Waals surface area contributed by atoms with Gasteiger partial charge in [-0.1, -0.05) is 0 Å². The second-order valence-electron chi connectivity index (χ2n) is 6.21. The molecule has 3 saturated heterocycles. The highest BCUT2D eigenvalue weighted by Gasteiger charge is 2.45. The van der Waals surface area contributed by atoms with Crippen molar-refractivity contribution >= 4 is 5.97 Å². The van der Waals surface area contributed by atoms with E-state index in [9.17, 15) is 9.90 Å². The van der Waals surface area contributed by atoms with Gasteiger partial charge in [0.25, 0.3) is 0 Å². The number of ether oxygens (including phenoxy) is 2. The van der Waals surface area contributed by atoms with E-state index in [4.69, 9.17) is 9.47 Å². The van der Waals surface area contributed by atoms with Gasteiger partial charge in [-0.05, 0) is 19.4 Å². The van der Waals surface area contributed by atoms with E-state index in [-0.39, 0.29) is 0 Å². The first kappa shape index (κ1) is 14.3. The van der Waals surface area contributed by atoms with Crippen molar-refractivity contribution in [1.82, 2.24) is 9.80 Å². The lowest BCUT2D eigenvalue weighted by Gasteiger charge is -2.33. The summed E-state index contributed by atoms with van der Waals surface area (Å²) in [5.41, 5.74) is -0.681. The largest absolute Gasteiger partial charge is 0.481 e. The smallest absolute Gasteiger partial charge is 0.313 e. The maximum atomic E-state index is 11.6. The second-order valence-corrected chi connectivity index (χ2v) is 6.21. The minimum atomic E-state index is -0.704. The Morgan fingerprint density at radius 2 is 2.00 bits per heavy atom. The Balaban J connectivity index is 1.55. The number of carboxylic acid groups (broad SMARTS) is 1. The topological polar surface area (TPSA) is 62.2 Å². The zero-order chi connectivity index (χ0) is 14.0. The third-order valence-electron chi connectivity index (χ3n) is 4.89. The molecule has 3 aliphatic rings. The molecule has 6 heteroatoms. The lowest BCUT2D eigenvalue weighted by atomic mass is 9.87. The molecule has 0 spiro atoms. The zero-order valence-electron chi connectivity index (χ0n) is 11.9. The molecule has 1 N–H and O–H groups in total. The Morgan fingerprint density at radius 1 is 1.20 bits per heavy atom. The van der Waals surface area contributed by atoms with Gasteiger partial charge in [0.2, 0.25) is 0 Å². The molecule has 3 heterocycles. The molecule has 3 aliphatic heterocycles. The maximum absolute atomic E-state index is 11.6. The van der Waals surface area contributed by atoms with E-state index in [2.05, 4.69) is 9.80 Å². The lowest BCUT2D eigenvalue weighted by Crippen LogP contribution is -2.47. The normalized spacial score (nSPS) is 36.5. The molecule has 0 amide bonds. The maximum Gasteiger partial charge on any atom is 0.313 e. The summed E-state index contributed by atoms with van der Waals surface area (Å²) in [7, 11) is 0. The first-order chi connectivity index (χ1) is 9.70. The summed E-state index contributed by atoms with van der Waals surface area (Å²) in [6.45, 7) is 7.20. The molecule has 0 saturated carbocycles. The van der Waals surface area contributed by atoms with Gasteiger partial charge < -0.3 is 19.5 Å². The Labute approximate surface area is 119 Å². The number of rotatable bonds is 4. The van der Waals surface area contributed by atoms with Gasteiger partial charge in [-0.3, -0.25) is 9.69 Å². The van der Waals surface area contributed by atoms with Crippen molar-refractivity contribution in [3.8, 4) is 0 Å². The molecule has 2 atom stereocenters. The minimum absolute atomic E-state index is 0.362. The molecule has 2 unspecified atom stereocenters. The number of nitrogens with zero attached hydrogens (tertiary/aromatic N) is 2. The Morgan fingerprint density at radius 3 is 2.65 bits per heavy atom. The van der Waals surface area contributed by atoms with Crippen molar-refractivity contribution in [3.05, 3.63) is 0 Å². The number of carboxylic acids is 1. The van der Waals surface area contributed by atoms with Crippen LogP contribution >= 0.6 is 0 Å². The van der Waals surface area contributed by atoms with Crippen LogP contribution in [-0.2, 0) is 14.3 Å². The van der Waals surface area contributed by atoms with Crippen molar-refractivity contribution in [2.24, 2.45) is 5.41 Å². The first-order valence-electron chi connectivity index (χ1n) is 7.55. The van der Waals surface area contributed by atoms with Crippen LogP contribution in [-0.4, -0.2) is 86.1 Å². The fraction of sp³-hybridized carbons (Fsp3) is 0.929. The van der Waals surface area contributed by atoms with Crippen molar-refractivity contribution in [2.45, 2.75) is 18.9 Å². The monoisotopic (exact) mass is 284 g/mol. The summed E-state index contributed by atoms with van der Waals surface area (Å²) >= 11 is 0. The summed E-state index contributed by atoms with van der Waals surface area (Å²) < 4.78 is 10.7. The van der Waals surface area contributed by atoms with Crippen LogP contribution in [0.15, 0.2) is 0 Å². The number of morpholine rings is 1. The number of carbonyl (C=O) groups is 1. The quantitative estimate of drug-likeness (QED) is 0.777. The van der Waals surface area contributed by atoms with E-state index in [1.807, 2.05) is 0 Å². The highest BCUT2D eigenvalue weighted by molar-refractivity contribution is 5.75. The molecule has 20 heavy (non-hydrogen) atoms. The highest BCUT2D eigenvalue weighted by Crippen LogP contribution is 2.31. The molecule has 114 valence electrons. The van der Waals surface area contributed by atoms with E-state index in [1.165, 1.54) is 0 Å². The SMILES string of the molecule is O=C(O)C1(CN2CCC(N3CCOCC3)C2)CCOC1. The fourth-order valence-electron chi connectivity index (χ4n) is 3.59. The van der Waals surface area contributed by atoms with Crippen molar-refractivity contribution in [3.63, 3.8) is 0 Å². The average molecular weight is 284 g/mol. The number of likely N-dealkylation sites (tertiary alicyclic amines) is 1. The van der Waals surface area contributed by atoms with Crippen LogP contribution in [0.3, 0.4) is 0 Å². The number of hydrogen-bond donors (Lipinski definition) is 1. The molecule has 0 bridgehead atoms. The van der Waals surface area contributed by atoms with Gasteiger partial charge >= 0.3 is 5.97 Å². The highest BCUT2D eigenvalue weighted by atomic mass is 16.5. The third-order valence-corrected chi connectivity index (χ3v) is 4.89. The van der Waals surface area contributed by atoms with Gasteiger partial charge in [-0.15, -0.1) is 0 Å². The first-order valence-corrected chi connectivity index (χ1v) is 7.55. The molecular formula is C14H24N2O4. The van der Waals surface area contributed by atoms with E-state index >= 15 is 0 Å². The summed E-state index contributed by atoms with van der Waals surface area (Å²) in [4.78, 5) is 16.4. The molecule has 0 radical (unpaired) electrons. The van der Waals surface area contributed by atoms with Gasteiger partial charge in [0.15, 0.2) is 0 Å². The predicted molar refractivity (Wildman–Crippen MR) is 72.7 cm³/mol. The number of hydrogen-bond acceptors (Lipinski definition) is 5. The van der Waals surface area contributed by atoms with Gasteiger partial charge in [0.05, 0.1) is 19.8 Å². The van der Waals surface area contributed by atoms with Crippen LogP contribution in [0.2, 0.25) is 0 Å². The van der Waals surface area contributed by atoms with Gasteiger partial charge in [0.1, 0.15) is 5.41 Å². The zero-order valence-corrected chi connectivity index (χ0v) is 11.9. The van der Waals surface area contributed by atoms with Crippen LogP contribution in [0.25, 0.3) is 0 Å². The van der Waals surface area contributed by atoms with Crippen molar-refractivity contribution in [1.29, 1.82) is 0 Å². The van der Waals surface area contributed by atoms with Crippen LogP contribution < -0.4 is 0 Å². The van der Waals surface area contributed by atoms with Crippen molar-refractivity contribution < 1.29 is 19.4 Å². The van der Waals surface area contributed by atoms with E-state index < -0.39 is 11.4 Å². The van der Waals surface area contributed by atoms with Gasteiger partial charge in [-0.25, -0.2) is 0 Å². The lowest BCUT2D eigenvalue weighted by molar-refractivity contribution is -0.150. The molecular weight excluding hydrogens is 260 g/mol. The molecule has 0 aromatic carbocycles. The standard InChI is InChI=1S/C14H24N2O4/c17-13(18)14(2-6-20-11-14)10-15-3-1-12(9-15)16-4-7-19-8-5-16/h12H,1-11H2,(H,17,18). The van der Waals surface area contributed by atoms with Crippen LogP contribution in [0.5, 0.6) is 0 Å². The number of aliphatic carboxylic acids is 1.